The third-order valence-corrected chi connectivity index (χ3v) is 5.29. The molecule has 126 valence electrons. The Kier molecular flexibility index (Phi) is 6.88. The van der Waals surface area contributed by atoms with Gasteiger partial charge in [0.2, 0.25) is 5.91 Å². The van der Waals surface area contributed by atoms with Crippen molar-refractivity contribution in [1.29, 1.82) is 0 Å². The normalized spacial score (nSPS) is 21.0. The topological polar surface area (TPSA) is 20.3 Å². The van der Waals surface area contributed by atoms with E-state index in [9.17, 15) is 4.79 Å². The molecule has 1 saturated carbocycles. The molecule has 0 unspecified atom stereocenters. The Hall–Kier alpha value is -1.57. The molecule has 0 spiro atoms. The summed E-state index contributed by atoms with van der Waals surface area (Å²) >= 11 is 0. The molecule has 0 aliphatic heterocycles. The molecule has 1 fully saturated rings. The molecule has 0 heterocycles. The first-order valence-electron chi connectivity index (χ1n) is 9.13. The van der Waals surface area contributed by atoms with Gasteiger partial charge in [0.05, 0.1) is 0 Å². The molecule has 1 aromatic carbocycles. The first-order valence-corrected chi connectivity index (χ1v) is 9.13. The van der Waals surface area contributed by atoms with Crippen LogP contribution < -0.4 is 0 Å². The highest BCUT2D eigenvalue weighted by molar-refractivity contribution is 5.87. The maximum absolute atomic E-state index is 11.7. The van der Waals surface area contributed by atoms with Crippen LogP contribution in [0.2, 0.25) is 0 Å². The highest BCUT2D eigenvalue weighted by Crippen LogP contribution is 2.34. The molecule has 23 heavy (non-hydrogen) atoms. The molecule has 2 rings (SSSR count). The quantitative estimate of drug-likeness (QED) is 0.507. The van der Waals surface area contributed by atoms with Gasteiger partial charge in [-0.2, -0.15) is 0 Å². The molecule has 0 atom stereocenters. The van der Waals surface area contributed by atoms with E-state index in [4.69, 9.17) is 0 Å². The van der Waals surface area contributed by atoms with Gasteiger partial charge in [0.1, 0.15) is 0 Å². The van der Waals surface area contributed by atoms with Crippen LogP contribution in [-0.4, -0.2) is 23.9 Å². The number of likely N-dealkylation sites (N-methyl/N-ethyl adjacent to an activating group) is 1. The third-order valence-electron chi connectivity index (χ3n) is 5.29. The fraction of sp³-hybridized carbons (Fsp3) is 0.571. The minimum absolute atomic E-state index is 0.0462. The van der Waals surface area contributed by atoms with Crippen LogP contribution in [0.1, 0.15) is 68.9 Å². The van der Waals surface area contributed by atoms with E-state index in [0.29, 0.717) is 12.0 Å². The van der Waals surface area contributed by atoms with Crippen LogP contribution in [0.5, 0.6) is 0 Å². The lowest BCUT2D eigenvalue weighted by molar-refractivity contribution is -0.127. The number of amides is 1. The molecule has 0 N–H and O–H groups in total. The summed E-state index contributed by atoms with van der Waals surface area (Å²) in [4.78, 5) is 13.6. The van der Waals surface area contributed by atoms with Crippen LogP contribution in [-0.2, 0) is 11.2 Å². The first kappa shape index (κ1) is 17.8. The fourth-order valence-corrected chi connectivity index (χ4v) is 3.66. The van der Waals surface area contributed by atoms with Crippen LogP contribution >= 0.6 is 0 Å². The van der Waals surface area contributed by atoms with Crippen molar-refractivity contribution < 1.29 is 4.79 Å². The average molecular weight is 313 g/mol. The molecule has 1 amide bonds. The number of carbonyl (C=O) groups excluding carboxylic acids is 1. The molecule has 0 bridgehead atoms. The van der Waals surface area contributed by atoms with Crippen molar-refractivity contribution in [2.24, 2.45) is 0 Å². The van der Waals surface area contributed by atoms with Crippen molar-refractivity contribution in [2.45, 2.75) is 70.3 Å². The average Bonchev–Trinajstić information content (AvgIpc) is 2.61. The number of nitrogens with zero attached hydrogens (tertiary/aromatic N) is 1. The van der Waals surface area contributed by atoms with Gasteiger partial charge in [-0.3, -0.25) is 4.79 Å². The Morgan fingerprint density at radius 1 is 1.17 bits per heavy atom. The largest absolute Gasteiger partial charge is 0.339 e. The molecule has 0 aromatic heterocycles. The zero-order valence-corrected chi connectivity index (χ0v) is 14.8. The minimum Gasteiger partial charge on any atom is -0.339 e. The summed E-state index contributed by atoms with van der Waals surface area (Å²) in [5, 5.41) is 0. The van der Waals surface area contributed by atoms with Crippen molar-refractivity contribution in [3.05, 3.63) is 48.0 Å². The molecule has 1 aliphatic rings. The van der Waals surface area contributed by atoms with Crippen molar-refractivity contribution in [1.82, 2.24) is 4.90 Å². The molecular formula is C21H31NO. The first-order chi connectivity index (χ1) is 11.2. The number of hydrogen-bond donors (Lipinski definition) is 0. The maximum Gasteiger partial charge on any atom is 0.245 e. The Morgan fingerprint density at radius 2 is 1.83 bits per heavy atom. The van der Waals surface area contributed by atoms with E-state index in [1.165, 1.54) is 55.7 Å². The van der Waals surface area contributed by atoms with Crippen molar-refractivity contribution in [3.63, 3.8) is 0 Å². The van der Waals surface area contributed by atoms with Crippen LogP contribution in [0.15, 0.2) is 36.9 Å². The van der Waals surface area contributed by atoms with Gasteiger partial charge in [-0.1, -0.05) is 50.6 Å². The van der Waals surface area contributed by atoms with Crippen LogP contribution in [0.4, 0.5) is 0 Å². The molecule has 1 aliphatic carbocycles. The maximum atomic E-state index is 11.7. The van der Waals surface area contributed by atoms with Crippen molar-refractivity contribution >= 4 is 5.91 Å². The Morgan fingerprint density at radius 3 is 2.39 bits per heavy atom. The van der Waals surface area contributed by atoms with E-state index in [-0.39, 0.29) is 5.91 Å². The standard InChI is InChI=1S/C21H31NO/c1-4-6-7-8-17-9-11-18(12-10-17)19-13-15-20(16-14-19)22(3)21(23)5-2/h5,9-12,19-20H,2,4,6-8,13-16H2,1,3H3. The Balaban J connectivity index is 1.85. The Bertz CT molecular complexity index is 497. The molecule has 0 saturated heterocycles. The Labute approximate surface area is 141 Å². The lowest BCUT2D eigenvalue weighted by Gasteiger charge is -2.34. The number of hydrogen-bond acceptors (Lipinski definition) is 1. The molecular weight excluding hydrogens is 282 g/mol. The monoisotopic (exact) mass is 313 g/mol. The molecule has 1 aromatic rings. The SMILES string of the molecule is C=CC(=O)N(C)C1CCC(c2ccc(CCCCC)cc2)CC1. The predicted molar refractivity (Wildman–Crippen MR) is 97.6 cm³/mol. The molecule has 2 nitrogen and oxygen atoms in total. The molecule has 2 heteroatoms. The van der Waals surface area contributed by atoms with Crippen LogP contribution in [0.25, 0.3) is 0 Å². The number of carbonyl (C=O) groups is 1. The third kappa shape index (κ3) is 4.95. The zero-order valence-electron chi connectivity index (χ0n) is 14.8. The van der Waals surface area contributed by atoms with E-state index in [2.05, 4.69) is 37.8 Å². The summed E-state index contributed by atoms with van der Waals surface area (Å²) in [5.41, 5.74) is 2.94. The van der Waals surface area contributed by atoms with Gasteiger partial charge in [-0.05, 0) is 61.6 Å². The molecule has 0 radical (unpaired) electrons. The highest BCUT2D eigenvalue weighted by Gasteiger charge is 2.26. The van der Waals surface area contributed by atoms with Gasteiger partial charge in [0, 0.05) is 13.1 Å². The second-order valence-electron chi connectivity index (χ2n) is 6.86. The van der Waals surface area contributed by atoms with E-state index in [1.807, 2.05) is 11.9 Å². The summed E-state index contributed by atoms with van der Waals surface area (Å²) in [6.07, 6.45) is 11.1. The summed E-state index contributed by atoms with van der Waals surface area (Å²) in [5.74, 6) is 0.702. The smallest absolute Gasteiger partial charge is 0.245 e. The number of aryl methyl sites for hydroxylation is 1. The number of unbranched alkanes of at least 4 members (excludes halogenated alkanes) is 2. The fourth-order valence-electron chi connectivity index (χ4n) is 3.66. The summed E-state index contributed by atoms with van der Waals surface area (Å²) in [7, 11) is 1.90. The van der Waals surface area contributed by atoms with E-state index in [0.717, 1.165) is 12.8 Å². The van der Waals surface area contributed by atoms with E-state index < -0.39 is 0 Å². The summed E-state index contributed by atoms with van der Waals surface area (Å²) in [6.45, 7) is 5.83. The lowest BCUT2D eigenvalue weighted by Crippen LogP contribution is -2.38. The van der Waals surface area contributed by atoms with Crippen molar-refractivity contribution in [2.75, 3.05) is 7.05 Å². The van der Waals surface area contributed by atoms with E-state index >= 15 is 0 Å². The number of benzene rings is 1. The van der Waals surface area contributed by atoms with Crippen LogP contribution in [0.3, 0.4) is 0 Å². The summed E-state index contributed by atoms with van der Waals surface area (Å²) < 4.78 is 0. The van der Waals surface area contributed by atoms with Gasteiger partial charge in [-0.25, -0.2) is 0 Å². The van der Waals surface area contributed by atoms with Gasteiger partial charge in [-0.15, -0.1) is 0 Å². The van der Waals surface area contributed by atoms with Gasteiger partial charge in [0.25, 0.3) is 0 Å². The van der Waals surface area contributed by atoms with Gasteiger partial charge < -0.3 is 4.90 Å². The minimum atomic E-state index is 0.0462. The summed E-state index contributed by atoms with van der Waals surface area (Å²) in [6, 6.07) is 9.65. The zero-order chi connectivity index (χ0) is 16.7. The second-order valence-corrected chi connectivity index (χ2v) is 6.86. The second kappa shape index (κ2) is 8.90. The highest BCUT2D eigenvalue weighted by atomic mass is 16.2. The predicted octanol–water partition coefficient (Wildman–Crippen LogP) is 5.09. The van der Waals surface area contributed by atoms with Gasteiger partial charge in [0.15, 0.2) is 0 Å². The van der Waals surface area contributed by atoms with Gasteiger partial charge >= 0.3 is 0 Å². The van der Waals surface area contributed by atoms with Crippen molar-refractivity contribution in [3.8, 4) is 0 Å². The van der Waals surface area contributed by atoms with E-state index in [1.54, 1.807) is 0 Å². The van der Waals surface area contributed by atoms with Crippen LogP contribution in [0, 0.1) is 0 Å². The number of rotatable bonds is 7. The lowest BCUT2D eigenvalue weighted by atomic mass is 9.81.